The zero-order chi connectivity index (χ0) is 17.3. The van der Waals surface area contributed by atoms with Crippen molar-refractivity contribution in [3.63, 3.8) is 0 Å². The molecule has 8 heteroatoms. The molecular formula is C16H25BrIN3O2S. The van der Waals surface area contributed by atoms with E-state index in [9.17, 15) is 8.42 Å². The van der Waals surface area contributed by atoms with Crippen molar-refractivity contribution in [1.29, 1.82) is 0 Å². The SMILES string of the molecule is CN=C(NCc1ccc(Br)cc1C)N1CCS(=O)(=O)C(C)(C)C1.I. The Balaban J connectivity index is 0.00000288. The summed E-state index contributed by atoms with van der Waals surface area (Å²) in [6, 6.07) is 6.17. The monoisotopic (exact) mass is 529 g/mol. The quantitative estimate of drug-likeness (QED) is 0.363. The van der Waals surface area contributed by atoms with Gasteiger partial charge in [-0.3, -0.25) is 4.99 Å². The van der Waals surface area contributed by atoms with E-state index in [4.69, 9.17) is 0 Å². The van der Waals surface area contributed by atoms with Crippen LogP contribution in [0.5, 0.6) is 0 Å². The minimum Gasteiger partial charge on any atom is -0.352 e. The molecule has 24 heavy (non-hydrogen) atoms. The highest BCUT2D eigenvalue weighted by Crippen LogP contribution is 2.24. The van der Waals surface area contributed by atoms with E-state index in [1.54, 1.807) is 20.9 Å². The van der Waals surface area contributed by atoms with Gasteiger partial charge in [0.25, 0.3) is 0 Å². The maximum atomic E-state index is 12.1. The van der Waals surface area contributed by atoms with E-state index in [2.05, 4.69) is 45.3 Å². The van der Waals surface area contributed by atoms with Gasteiger partial charge in [-0.2, -0.15) is 0 Å². The van der Waals surface area contributed by atoms with Crippen molar-refractivity contribution in [3.8, 4) is 0 Å². The molecular weight excluding hydrogens is 505 g/mol. The minimum absolute atomic E-state index is 0. The fourth-order valence-corrected chi connectivity index (χ4v) is 4.53. The molecule has 1 aliphatic heterocycles. The van der Waals surface area contributed by atoms with Gasteiger partial charge in [-0.1, -0.05) is 22.0 Å². The molecule has 0 spiro atoms. The van der Waals surface area contributed by atoms with E-state index in [1.165, 1.54) is 11.1 Å². The lowest BCUT2D eigenvalue weighted by Crippen LogP contribution is -2.57. The van der Waals surface area contributed by atoms with Crippen LogP contribution >= 0.6 is 39.9 Å². The van der Waals surface area contributed by atoms with E-state index in [-0.39, 0.29) is 29.7 Å². The van der Waals surface area contributed by atoms with Crippen molar-refractivity contribution in [2.75, 3.05) is 25.9 Å². The Kier molecular flexibility index (Phi) is 7.55. The highest BCUT2D eigenvalue weighted by atomic mass is 127. The summed E-state index contributed by atoms with van der Waals surface area (Å²) in [4.78, 5) is 6.34. The van der Waals surface area contributed by atoms with Crippen molar-refractivity contribution in [2.45, 2.75) is 32.1 Å². The predicted molar refractivity (Wildman–Crippen MR) is 114 cm³/mol. The first-order valence-corrected chi connectivity index (χ1v) is 10.0. The largest absolute Gasteiger partial charge is 0.352 e. The number of nitrogens with one attached hydrogen (secondary N) is 1. The maximum Gasteiger partial charge on any atom is 0.193 e. The van der Waals surface area contributed by atoms with Gasteiger partial charge in [0.2, 0.25) is 0 Å². The Morgan fingerprint density at radius 3 is 2.62 bits per heavy atom. The molecule has 5 nitrogen and oxygen atoms in total. The van der Waals surface area contributed by atoms with Crippen molar-refractivity contribution in [1.82, 2.24) is 10.2 Å². The smallest absolute Gasteiger partial charge is 0.193 e. The molecule has 0 unspecified atom stereocenters. The lowest BCUT2D eigenvalue weighted by atomic mass is 10.1. The summed E-state index contributed by atoms with van der Waals surface area (Å²) in [6.07, 6.45) is 0. The van der Waals surface area contributed by atoms with E-state index >= 15 is 0 Å². The molecule has 1 aromatic rings. The summed E-state index contributed by atoms with van der Waals surface area (Å²) >= 11 is 3.47. The molecule has 0 saturated carbocycles. The van der Waals surface area contributed by atoms with Crippen LogP contribution < -0.4 is 5.32 Å². The molecule has 0 radical (unpaired) electrons. The van der Waals surface area contributed by atoms with Crippen LogP contribution in [0, 0.1) is 6.92 Å². The molecule has 1 N–H and O–H groups in total. The van der Waals surface area contributed by atoms with Crippen LogP contribution in [0.3, 0.4) is 0 Å². The summed E-state index contributed by atoms with van der Waals surface area (Å²) < 4.78 is 24.6. The van der Waals surface area contributed by atoms with Crippen LogP contribution in [0.15, 0.2) is 27.7 Å². The molecule has 0 aromatic heterocycles. The van der Waals surface area contributed by atoms with Gasteiger partial charge in [0.05, 0.1) is 10.5 Å². The van der Waals surface area contributed by atoms with Gasteiger partial charge in [0.15, 0.2) is 15.8 Å². The van der Waals surface area contributed by atoms with Gasteiger partial charge in [0.1, 0.15) is 0 Å². The van der Waals surface area contributed by atoms with Crippen LogP contribution in [0.1, 0.15) is 25.0 Å². The molecule has 1 aliphatic rings. The van der Waals surface area contributed by atoms with E-state index in [1.807, 2.05) is 11.0 Å². The molecule has 0 bridgehead atoms. The number of guanidine groups is 1. The molecule has 0 amide bonds. The summed E-state index contributed by atoms with van der Waals surface area (Å²) in [5.41, 5.74) is 2.39. The summed E-state index contributed by atoms with van der Waals surface area (Å²) in [5, 5.41) is 3.35. The van der Waals surface area contributed by atoms with E-state index in [0.29, 0.717) is 19.6 Å². The minimum atomic E-state index is -3.04. The number of aliphatic imine (C=N–C) groups is 1. The Bertz CT molecular complexity index is 720. The first kappa shape index (κ1) is 21.7. The summed E-state index contributed by atoms with van der Waals surface area (Å²) in [6.45, 7) is 7.22. The number of hydrogen-bond donors (Lipinski definition) is 1. The second-order valence-electron chi connectivity index (χ2n) is 6.47. The molecule has 136 valence electrons. The summed E-state index contributed by atoms with van der Waals surface area (Å²) in [5.74, 6) is 0.910. The Hall–Kier alpha value is -0.350. The molecule has 1 saturated heterocycles. The Morgan fingerprint density at radius 2 is 2.08 bits per heavy atom. The molecule has 1 heterocycles. The third-order valence-corrected chi connectivity index (χ3v) is 7.32. The van der Waals surface area contributed by atoms with Crippen molar-refractivity contribution in [2.24, 2.45) is 4.99 Å². The number of sulfone groups is 1. The average Bonchev–Trinajstić information content (AvgIpc) is 2.45. The molecule has 2 rings (SSSR count). The van der Waals surface area contributed by atoms with Gasteiger partial charge in [-0.15, -0.1) is 24.0 Å². The van der Waals surface area contributed by atoms with Gasteiger partial charge in [-0.25, -0.2) is 8.42 Å². The number of aryl methyl sites for hydroxylation is 1. The Labute approximate surface area is 170 Å². The van der Waals surface area contributed by atoms with Crippen LogP contribution in [0.2, 0.25) is 0 Å². The number of rotatable bonds is 2. The summed E-state index contributed by atoms with van der Waals surface area (Å²) in [7, 11) is -1.31. The lowest BCUT2D eigenvalue weighted by Gasteiger charge is -2.39. The first-order valence-electron chi connectivity index (χ1n) is 7.59. The predicted octanol–water partition coefficient (Wildman–Crippen LogP) is 2.96. The highest BCUT2D eigenvalue weighted by Gasteiger charge is 2.40. The average molecular weight is 530 g/mol. The topological polar surface area (TPSA) is 61.8 Å². The van der Waals surface area contributed by atoms with Crippen LogP contribution in [0.4, 0.5) is 0 Å². The van der Waals surface area contributed by atoms with E-state index < -0.39 is 14.6 Å². The fourth-order valence-electron chi connectivity index (χ4n) is 2.69. The Morgan fingerprint density at radius 1 is 1.42 bits per heavy atom. The first-order chi connectivity index (χ1) is 10.7. The molecule has 1 aromatic carbocycles. The zero-order valence-corrected chi connectivity index (χ0v) is 19.2. The van der Waals surface area contributed by atoms with Crippen molar-refractivity contribution in [3.05, 3.63) is 33.8 Å². The standard InChI is InChI=1S/C16H24BrN3O2S.HI/c1-12-9-14(17)6-5-13(12)10-19-15(18-4)20-7-8-23(21,22)16(2,3)11-20;/h5-6,9H,7-8,10-11H2,1-4H3,(H,18,19);1H. The number of halogens is 2. The van der Waals surface area contributed by atoms with Crippen LogP contribution in [-0.2, 0) is 16.4 Å². The zero-order valence-electron chi connectivity index (χ0n) is 14.5. The highest BCUT2D eigenvalue weighted by molar-refractivity contribution is 14.0. The van der Waals surface area contributed by atoms with Gasteiger partial charge >= 0.3 is 0 Å². The van der Waals surface area contributed by atoms with Gasteiger partial charge in [0, 0.05) is 31.2 Å². The van der Waals surface area contributed by atoms with Crippen LogP contribution in [-0.4, -0.2) is 49.9 Å². The third-order valence-electron chi connectivity index (χ3n) is 4.30. The number of hydrogen-bond acceptors (Lipinski definition) is 3. The second-order valence-corrected chi connectivity index (χ2v) is 10.1. The third kappa shape index (κ3) is 4.85. The van der Waals surface area contributed by atoms with Crippen molar-refractivity contribution < 1.29 is 8.42 Å². The second kappa shape index (κ2) is 8.35. The maximum absolute atomic E-state index is 12.1. The van der Waals surface area contributed by atoms with Gasteiger partial charge in [-0.05, 0) is 44.0 Å². The normalized spacial score (nSPS) is 19.5. The molecule has 0 atom stereocenters. The van der Waals surface area contributed by atoms with Crippen LogP contribution in [0.25, 0.3) is 0 Å². The fraction of sp³-hybridized carbons (Fsp3) is 0.562. The number of benzene rings is 1. The van der Waals surface area contributed by atoms with Gasteiger partial charge < -0.3 is 10.2 Å². The number of nitrogens with zero attached hydrogens (tertiary/aromatic N) is 2. The molecule has 1 fully saturated rings. The van der Waals surface area contributed by atoms with E-state index in [0.717, 1.165) is 10.4 Å². The lowest BCUT2D eigenvalue weighted by molar-refractivity contribution is 0.353. The molecule has 0 aliphatic carbocycles. The van der Waals surface area contributed by atoms with Crippen molar-refractivity contribution >= 4 is 55.7 Å².